The van der Waals surface area contributed by atoms with Crippen molar-refractivity contribution in [1.82, 2.24) is 0 Å². The summed E-state index contributed by atoms with van der Waals surface area (Å²) in [4.78, 5) is 10.9. The van der Waals surface area contributed by atoms with Crippen molar-refractivity contribution in [2.24, 2.45) is 0 Å². The maximum atomic E-state index is 10.9. The van der Waals surface area contributed by atoms with Crippen molar-refractivity contribution in [3.8, 4) is 0 Å². The predicted molar refractivity (Wildman–Crippen MR) is 70.4 cm³/mol. The standard InChI is InChI=1S/C15H16O3/c1-11(17)18-10-13(9-16)15-8-4-6-12-5-2-3-7-14(12)15/h2-8,13,16H,9-10H2,1H3. The molecule has 0 aromatic heterocycles. The van der Waals surface area contributed by atoms with Crippen LogP contribution < -0.4 is 0 Å². The van der Waals surface area contributed by atoms with Gasteiger partial charge in [-0.1, -0.05) is 42.5 Å². The Hall–Kier alpha value is -1.87. The predicted octanol–water partition coefficient (Wildman–Crippen LogP) is 2.48. The van der Waals surface area contributed by atoms with Crippen LogP contribution in [0.3, 0.4) is 0 Å². The highest BCUT2D eigenvalue weighted by Gasteiger charge is 2.14. The fourth-order valence-corrected chi connectivity index (χ4v) is 2.07. The molecule has 18 heavy (non-hydrogen) atoms. The number of fused-ring (bicyclic) bond motifs is 1. The largest absolute Gasteiger partial charge is 0.465 e. The molecule has 0 aliphatic rings. The van der Waals surface area contributed by atoms with Crippen molar-refractivity contribution < 1.29 is 14.6 Å². The number of carbonyl (C=O) groups excluding carboxylic acids is 1. The number of rotatable bonds is 4. The SMILES string of the molecule is CC(=O)OCC(CO)c1cccc2ccccc12. The summed E-state index contributed by atoms with van der Waals surface area (Å²) >= 11 is 0. The third-order valence-corrected chi connectivity index (χ3v) is 2.97. The zero-order valence-corrected chi connectivity index (χ0v) is 10.3. The van der Waals surface area contributed by atoms with Crippen LogP contribution in [0.4, 0.5) is 0 Å². The number of ether oxygens (including phenoxy) is 1. The highest BCUT2D eigenvalue weighted by molar-refractivity contribution is 5.86. The van der Waals surface area contributed by atoms with Gasteiger partial charge in [-0.25, -0.2) is 0 Å². The second-order valence-corrected chi connectivity index (χ2v) is 4.25. The van der Waals surface area contributed by atoms with Gasteiger partial charge in [-0.2, -0.15) is 0 Å². The van der Waals surface area contributed by atoms with Gasteiger partial charge in [0.05, 0.1) is 6.61 Å². The molecule has 1 atom stereocenters. The topological polar surface area (TPSA) is 46.5 Å². The van der Waals surface area contributed by atoms with Crippen LogP contribution in [0.2, 0.25) is 0 Å². The van der Waals surface area contributed by atoms with Gasteiger partial charge < -0.3 is 9.84 Å². The molecule has 0 radical (unpaired) electrons. The van der Waals surface area contributed by atoms with Gasteiger partial charge in [-0.3, -0.25) is 4.79 Å². The summed E-state index contributed by atoms with van der Waals surface area (Å²) in [5.74, 6) is -0.506. The lowest BCUT2D eigenvalue weighted by atomic mass is 9.94. The quantitative estimate of drug-likeness (QED) is 0.840. The van der Waals surface area contributed by atoms with E-state index in [0.717, 1.165) is 16.3 Å². The van der Waals surface area contributed by atoms with Crippen molar-refractivity contribution in [3.05, 3.63) is 48.0 Å². The zero-order chi connectivity index (χ0) is 13.0. The van der Waals surface area contributed by atoms with Crippen LogP contribution in [0.1, 0.15) is 18.4 Å². The second-order valence-electron chi connectivity index (χ2n) is 4.25. The van der Waals surface area contributed by atoms with Crippen LogP contribution in [0.5, 0.6) is 0 Å². The summed E-state index contributed by atoms with van der Waals surface area (Å²) in [6.07, 6.45) is 0. The lowest BCUT2D eigenvalue weighted by Crippen LogP contribution is -2.14. The minimum atomic E-state index is -0.325. The average Bonchev–Trinajstić information content (AvgIpc) is 2.39. The Morgan fingerprint density at radius 1 is 1.22 bits per heavy atom. The number of aliphatic hydroxyl groups excluding tert-OH is 1. The third kappa shape index (κ3) is 2.68. The van der Waals surface area contributed by atoms with Crippen LogP contribution >= 0.6 is 0 Å². The second kappa shape index (κ2) is 5.65. The number of esters is 1. The van der Waals surface area contributed by atoms with E-state index in [9.17, 15) is 9.90 Å². The van der Waals surface area contributed by atoms with E-state index in [2.05, 4.69) is 0 Å². The van der Waals surface area contributed by atoms with E-state index in [1.807, 2.05) is 42.5 Å². The summed E-state index contributed by atoms with van der Waals surface area (Å²) in [5, 5.41) is 11.7. The molecule has 2 rings (SSSR count). The molecule has 94 valence electrons. The Kier molecular flexibility index (Phi) is 3.95. The molecule has 0 bridgehead atoms. The Balaban J connectivity index is 2.35. The van der Waals surface area contributed by atoms with E-state index < -0.39 is 0 Å². The monoisotopic (exact) mass is 244 g/mol. The third-order valence-electron chi connectivity index (χ3n) is 2.97. The van der Waals surface area contributed by atoms with Gasteiger partial charge in [0, 0.05) is 12.8 Å². The van der Waals surface area contributed by atoms with Gasteiger partial charge in [0.15, 0.2) is 0 Å². The maximum Gasteiger partial charge on any atom is 0.302 e. The minimum Gasteiger partial charge on any atom is -0.465 e. The van der Waals surface area contributed by atoms with Crippen molar-refractivity contribution in [3.63, 3.8) is 0 Å². The lowest BCUT2D eigenvalue weighted by Gasteiger charge is -2.16. The lowest BCUT2D eigenvalue weighted by molar-refractivity contribution is -0.141. The molecule has 0 spiro atoms. The van der Waals surface area contributed by atoms with Gasteiger partial charge in [-0.15, -0.1) is 0 Å². The first-order valence-corrected chi connectivity index (χ1v) is 5.94. The van der Waals surface area contributed by atoms with Crippen LogP contribution in [0.15, 0.2) is 42.5 Å². The molecule has 2 aromatic carbocycles. The Bertz CT molecular complexity index is 543. The zero-order valence-electron chi connectivity index (χ0n) is 10.3. The van der Waals surface area contributed by atoms with E-state index in [1.165, 1.54) is 6.92 Å². The van der Waals surface area contributed by atoms with Gasteiger partial charge in [-0.05, 0) is 16.3 Å². The molecule has 0 aliphatic heterocycles. The van der Waals surface area contributed by atoms with E-state index in [1.54, 1.807) is 0 Å². The van der Waals surface area contributed by atoms with Gasteiger partial charge in [0.2, 0.25) is 0 Å². The van der Waals surface area contributed by atoms with E-state index >= 15 is 0 Å². The first-order valence-electron chi connectivity index (χ1n) is 5.94. The molecule has 3 heteroatoms. The molecule has 1 unspecified atom stereocenters. The first-order chi connectivity index (χ1) is 8.72. The molecule has 0 fully saturated rings. The number of benzene rings is 2. The van der Waals surface area contributed by atoms with Gasteiger partial charge in [0.25, 0.3) is 0 Å². The number of carbonyl (C=O) groups is 1. The summed E-state index contributed by atoms with van der Waals surface area (Å²) < 4.78 is 5.00. The molecule has 0 heterocycles. The van der Waals surface area contributed by atoms with Crippen molar-refractivity contribution in [2.45, 2.75) is 12.8 Å². The van der Waals surface area contributed by atoms with Crippen LogP contribution in [0.25, 0.3) is 10.8 Å². The maximum absolute atomic E-state index is 10.9. The number of hydrogen-bond donors (Lipinski definition) is 1. The van der Waals surface area contributed by atoms with Crippen LogP contribution in [0, 0.1) is 0 Å². The molecule has 1 N–H and O–H groups in total. The fraction of sp³-hybridized carbons (Fsp3) is 0.267. The van der Waals surface area contributed by atoms with E-state index in [4.69, 9.17) is 4.74 Å². The Morgan fingerprint density at radius 2 is 1.94 bits per heavy atom. The molecular formula is C15H16O3. The summed E-state index contributed by atoms with van der Waals surface area (Å²) in [6.45, 7) is 1.54. The summed E-state index contributed by atoms with van der Waals surface area (Å²) in [5.41, 5.74) is 1.01. The van der Waals surface area contributed by atoms with Crippen molar-refractivity contribution in [1.29, 1.82) is 0 Å². The van der Waals surface area contributed by atoms with E-state index in [-0.39, 0.29) is 25.1 Å². The molecule has 0 saturated heterocycles. The average molecular weight is 244 g/mol. The van der Waals surface area contributed by atoms with Crippen LogP contribution in [-0.4, -0.2) is 24.3 Å². The van der Waals surface area contributed by atoms with Gasteiger partial charge in [0.1, 0.15) is 6.61 Å². The molecule has 3 nitrogen and oxygen atoms in total. The molecule has 0 amide bonds. The number of hydrogen-bond acceptors (Lipinski definition) is 3. The van der Waals surface area contributed by atoms with Crippen LogP contribution in [-0.2, 0) is 9.53 Å². The summed E-state index contributed by atoms with van der Waals surface area (Å²) in [7, 11) is 0. The normalized spacial score (nSPS) is 12.3. The molecule has 0 aliphatic carbocycles. The van der Waals surface area contributed by atoms with Gasteiger partial charge >= 0.3 is 5.97 Å². The number of aliphatic hydroxyl groups is 1. The van der Waals surface area contributed by atoms with Crippen molar-refractivity contribution in [2.75, 3.05) is 13.2 Å². The highest BCUT2D eigenvalue weighted by atomic mass is 16.5. The Labute approximate surface area is 106 Å². The Morgan fingerprint density at radius 3 is 2.67 bits per heavy atom. The molecule has 2 aromatic rings. The fourth-order valence-electron chi connectivity index (χ4n) is 2.07. The summed E-state index contributed by atoms with van der Waals surface area (Å²) in [6, 6.07) is 13.9. The first kappa shape index (κ1) is 12.6. The molecule has 0 saturated carbocycles. The van der Waals surface area contributed by atoms with Crippen molar-refractivity contribution >= 4 is 16.7 Å². The minimum absolute atomic E-state index is 0.0404. The smallest absolute Gasteiger partial charge is 0.302 e. The highest BCUT2D eigenvalue weighted by Crippen LogP contribution is 2.25. The molecular weight excluding hydrogens is 228 g/mol. The van der Waals surface area contributed by atoms with E-state index in [0.29, 0.717) is 0 Å².